The van der Waals surface area contributed by atoms with Gasteiger partial charge in [-0.3, -0.25) is 14.9 Å². The number of urea groups is 1. The molecule has 0 aliphatic carbocycles. The molecule has 1 aromatic carbocycles. The molecule has 0 radical (unpaired) electrons. The monoisotopic (exact) mass is 318 g/mol. The van der Waals surface area contributed by atoms with Crippen molar-refractivity contribution in [1.29, 1.82) is 0 Å². The number of rotatable bonds is 3. The van der Waals surface area contributed by atoms with Crippen LogP contribution in [0.25, 0.3) is 0 Å². The van der Waals surface area contributed by atoms with Crippen LogP contribution in [0.15, 0.2) is 24.3 Å². The Kier molecular flexibility index (Phi) is 3.59. The number of anilines is 2. The van der Waals surface area contributed by atoms with E-state index in [4.69, 9.17) is 0 Å². The van der Waals surface area contributed by atoms with Crippen molar-refractivity contribution in [3.63, 3.8) is 0 Å². The predicted octanol–water partition coefficient (Wildman–Crippen LogP) is 0.217. The molecule has 0 saturated carbocycles. The van der Waals surface area contributed by atoms with Gasteiger partial charge in [-0.1, -0.05) is 0 Å². The molecule has 1 aromatic rings. The first-order valence-electron chi connectivity index (χ1n) is 7.35. The van der Waals surface area contributed by atoms with Crippen LogP contribution in [0.2, 0.25) is 0 Å². The lowest BCUT2D eigenvalue weighted by atomic mass is 9.77. The van der Waals surface area contributed by atoms with Crippen molar-refractivity contribution in [1.82, 2.24) is 10.6 Å². The van der Waals surface area contributed by atoms with Gasteiger partial charge in [0, 0.05) is 31.5 Å². The largest absolute Gasteiger partial charge is 0.481 e. The standard InChI is InChI=1S/C15H18N4O4/c1-16-9-2-4-10(5-3-9)19-7-6-15(11(8-19)12(20)21)13(22)17-14(23)18-15/h2-5,11,16H,6-8H2,1H3,(H,20,21)(H2,17,18,22,23). The number of carbonyl (C=O) groups is 3. The Bertz CT molecular complexity index is 660. The fourth-order valence-electron chi connectivity index (χ4n) is 3.24. The molecule has 2 unspecified atom stereocenters. The summed E-state index contributed by atoms with van der Waals surface area (Å²) in [7, 11) is 1.82. The molecule has 2 heterocycles. The first kappa shape index (κ1) is 15.1. The quantitative estimate of drug-likeness (QED) is 0.593. The molecule has 1 spiro atoms. The van der Waals surface area contributed by atoms with Crippen molar-refractivity contribution in [2.24, 2.45) is 5.92 Å². The van der Waals surface area contributed by atoms with E-state index >= 15 is 0 Å². The summed E-state index contributed by atoms with van der Waals surface area (Å²) in [6, 6.07) is 6.97. The normalized spacial score (nSPS) is 26.8. The van der Waals surface area contributed by atoms with E-state index in [-0.39, 0.29) is 13.0 Å². The van der Waals surface area contributed by atoms with E-state index in [1.54, 1.807) is 0 Å². The number of benzene rings is 1. The number of hydrogen-bond donors (Lipinski definition) is 4. The van der Waals surface area contributed by atoms with Crippen LogP contribution in [0, 0.1) is 5.92 Å². The molecule has 2 atom stereocenters. The van der Waals surface area contributed by atoms with E-state index in [0.717, 1.165) is 11.4 Å². The average molecular weight is 318 g/mol. The Morgan fingerprint density at radius 1 is 1.35 bits per heavy atom. The summed E-state index contributed by atoms with van der Waals surface area (Å²) in [5.41, 5.74) is 0.485. The lowest BCUT2D eigenvalue weighted by Crippen LogP contribution is -2.63. The third kappa shape index (κ3) is 2.45. The minimum atomic E-state index is -1.36. The van der Waals surface area contributed by atoms with Gasteiger partial charge in [-0.25, -0.2) is 4.79 Å². The Balaban J connectivity index is 1.85. The second kappa shape index (κ2) is 5.45. The van der Waals surface area contributed by atoms with Crippen molar-refractivity contribution in [2.45, 2.75) is 12.0 Å². The maximum atomic E-state index is 12.1. The number of nitrogens with zero attached hydrogens (tertiary/aromatic N) is 1. The number of carbonyl (C=O) groups excluding carboxylic acids is 2. The van der Waals surface area contributed by atoms with E-state index in [9.17, 15) is 19.5 Å². The fraction of sp³-hybridized carbons (Fsp3) is 0.400. The van der Waals surface area contributed by atoms with Crippen LogP contribution in [-0.2, 0) is 9.59 Å². The summed E-state index contributed by atoms with van der Waals surface area (Å²) in [6.45, 7) is 0.637. The molecule has 0 bridgehead atoms. The summed E-state index contributed by atoms with van der Waals surface area (Å²) >= 11 is 0. The van der Waals surface area contributed by atoms with Gasteiger partial charge in [0.2, 0.25) is 0 Å². The summed E-state index contributed by atoms with van der Waals surface area (Å²) in [6.07, 6.45) is 0.245. The molecular weight excluding hydrogens is 300 g/mol. The van der Waals surface area contributed by atoms with Gasteiger partial charge in [0.05, 0.1) is 0 Å². The van der Waals surface area contributed by atoms with Crippen LogP contribution in [-0.4, -0.2) is 48.7 Å². The highest BCUT2D eigenvalue weighted by atomic mass is 16.4. The zero-order valence-electron chi connectivity index (χ0n) is 12.6. The van der Waals surface area contributed by atoms with Gasteiger partial charge in [0.15, 0.2) is 0 Å². The highest BCUT2D eigenvalue weighted by Crippen LogP contribution is 2.33. The highest BCUT2D eigenvalue weighted by molar-refractivity contribution is 6.09. The molecule has 0 aromatic heterocycles. The maximum absolute atomic E-state index is 12.1. The van der Waals surface area contributed by atoms with Crippen LogP contribution >= 0.6 is 0 Å². The second-order valence-corrected chi connectivity index (χ2v) is 5.76. The molecule has 122 valence electrons. The minimum Gasteiger partial charge on any atom is -0.481 e. The second-order valence-electron chi connectivity index (χ2n) is 5.76. The van der Waals surface area contributed by atoms with Crippen molar-refractivity contribution in [3.8, 4) is 0 Å². The molecule has 8 heteroatoms. The van der Waals surface area contributed by atoms with Gasteiger partial charge >= 0.3 is 12.0 Å². The minimum absolute atomic E-state index is 0.155. The number of hydrogen-bond acceptors (Lipinski definition) is 5. The predicted molar refractivity (Wildman–Crippen MR) is 83.3 cm³/mol. The summed E-state index contributed by atoms with van der Waals surface area (Å²) < 4.78 is 0. The van der Waals surface area contributed by atoms with E-state index in [1.807, 2.05) is 36.2 Å². The number of imide groups is 1. The molecule has 3 rings (SSSR count). The molecule has 2 aliphatic rings. The van der Waals surface area contributed by atoms with Gasteiger partial charge in [-0.15, -0.1) is 0 Å². The summed E-state index contributed by atoms with van der Waals surface area (Å²) in [4.78, 5) is 37.2. The molecule has 23 heavy (non-hydrogen) atoms. The first-order valence-corrected chi connectivity index (χ1v) is 7.35. The topological polar surface area (TPSA) is 111 Å². The number of nitrogens with one attached hydrogen (secondary N) is 3. The number of carboxylic acid groups (broad SMARTS) is 1. The Hall–Kier alpha value is -2.77. The molecule has 2 aliphatic heterocycles. The van der Waals surface area contributed by atoms with Gasteiger partial charge < -0.3 is 20.6 Å². The van der Waals surface area contributed by atoms with Gasteiger partial charge in [-0.2, -0.15) is 0 Å². The van der Waals surface area contributed by atoms with Gasteiger partial charge in [0.25, 0.3) is 5.91 Å². The summed E-state index contributed by atoms with van der Waals surface area (Å²) in [5, 5.41) is 17.2. The lowest BCUT2D eigenvalue weighted by molar-refractivity contribution is -0.148. The van der Waals surface area contributed by atoms with Crippen molar-refractivity contribution >= 4 is 29.3 Å². The number of aliphatic carboxylic acids is 1. The number of carboxylic acids is 1. The molecule has 8 nitrogen and oxygen atoms in total. The smallest absolute Gasteiger partial charge is 0.322 e. The SMILES string of the molecule is CNc1ccc(N2CCC3(NC(=O)NC3=O)C(C(=O)O)C2)cc1. The van der Waals surface area contributed by atoms with E-state index in [0.29, 0.717) is 6.54 Å². The van der Waals surface area contributed by atoms with Crippen LogP contribution in [0.5, 0.6) is 0 Å². The van der Waals surface area contributed by atoms with Gasteiger partial charge in [0.1, 0.15) is 11.5 Å². The number of piperidine rings is 1. The first-order chi connectivity index (χ1) is 11.0. The summed E-state index contributed by atoms with van der Waals surface area (Å²) in [5.74, 6) is -2.66. The van der Waals surface area contributed by atoms with Crippen LogP contribution in [0.4, 0.5) is 16.2 Å². The zero-order valence-corrected chi connectivity index (χ0v) is 12.6. The molecular formula is C15H18N4O4. The van der Waals surface area contributed by atoms with Crippen molar-refractivity contribution in [2.75, 3.05) is 30.4 Å². The van der Waals surface area contributed by atoms with E-state index in [2.05, 4.69) is 16.0 Å². The third-order valence-corrected chi connectivity index (χ3v) is 4.56. The highest BCUT2D eigenvalue weighted by Gasteiger charge is 2.57. The Labute approximate surface area is 132 Å². The van der Waals surface area contributed by atoms with Crippen molar-refractivity contribution in [3.05, 3.63) is 24.3 Å². The number of amides is 3. The van der Waals surface area contributed by atoms with Crippen LogP contribution < -0.4 is 20.9 Å². The van der Waals surface area contributed by atoms with Crippen LogP contribution in [0.1, 0.15) is 6.42 Å². The van der Waals surface area contributed by atoms with E-state index in [1.165, 1.54) is 0 Å². The van der Waals surface area contributed by atoms with Crippen LogP contribution in [0.3, 0.4) is 0 Å². The molecule has 2 saturated heterocycles. The van der Waals surface area contributed by atoms with Crippen molar-refractivity contribution < 1.29 is 19.5 Å². The maximum Gasteiger partial charge on any atom is 0.322 e. The average Bonchev–Trinajstić information content (AvgIpc) is 2.82. The zero-order chi connectivity index (χ0) is 16.6. The third-order valence-electron chi connectivity index (χ3n) is 4.56. The molecule has 3 amide bonds. The van der Waals surface area contributed by atoms with E-state index < -0.39 is 29.4 Å². The van der Waals surface area contributed by atoms with Gasteiger partial charge in [-0.05, 0) is 30.7 Å². The Morgan fingerprint density at radius 2 is 2.04 bits per heavy atom. The molecule has 4 N–H and O–H groups in total. The molecule has 2 fully saturated rings. The Morgan fingerprint density at radius 3 is 2.57 bits per heavy atom. The fourth-order valence-corrected chi connectivity index (χ4v) is 3.24. The lowest BCUT2D eigenvalue weighted by Gasteiger charge is -2.42.